The number of phenolic OH excluding ortho intramolecular Hbond substituents is 1. The number of carbonyl (C=O) groups is 3. The smallest absolute Gasteiger partial charge is 0.326 e. The highest BCUT2D eigenvalue weighted by molar-refractivity contribution is 6.33. The summed E-state index contributed by atoms with van der Waals surface area (Å²) >= 11 is 6.63. The average molecular weight is 589 g/mol. The summed E-state index contributed by atoms with van der Waals surface area (Å²) in [6.45, 7) is 11.9. The third-order valence-corrected chi connectivity index (χ3v) is 8.97. The Labute approximate surface area is 248 Å². The molecule has 1 aromatic rings. The molecule has 1 aromatic carbocycles. The number of benzene rings is 1. The molecule has 1 aliphatic carbocycles. The molecule has 0 saturated heterocycles. The van der Waals surface area contributed by atoms with E-state index in [0.717, 1.165) is 12.0 Å². The quantitative estimate of drug-likeness (QED) is 0.142. The molecule has 1 fully saturated rings. The number of carboxylic acid groups (broad SMARTS) is 1. The lowest BCUT2D eigenvalue weighted by atomic mass is 9.61. The average Bonchev–Trinajstić information content (AvgIpc) is 2.92. The number of amides is 1. The number of ketones is 1. The zero-order chi connectivity index (χ0) is 30.9. The summed E-state index contributed by atoms with van der Waals surface area (Å²) in [7, 11) is 1.52. The van der Waals surface area contributed by atoms with Crippen molar-refractivity contribution in [3.8, 4) is 11.5 Å². The summed E-state index contributed by atoms with van der Waals surface area (Å²) in [5, 5.41) is 23.2. The second kappa shape index (κ2) is 15.2. The summed E-state index contributed by atoms with van der Waals surface area (Å²) in [5.41, 5.74) is 2.49. The maximum atomic E-state index is 12.4. The highest BCUT2D eigenvalue weighted by Gasteiger charge is 2.41. The van der Waals surface area contributed by atoms with E-state index in [4.69, 9.17) is 16.3 Å². The Bertz CT molecular complexity index is 1220. The van der Waals surface area contributed by atoms with Gasteiger partial charge >= 0.3 is 5.97 Å². The number of carbonyl (C=O) groups excluding carboxylic acids is 2. The maximum Gasteiger partial charge on any atom is 0.326 e. The molecule has 226 valence electrons. The maximum absolute atomic E-state index is 12.4. The van der Waals surface area contributed by atoms with Gasteiger partial charge in [-0.1, -0.05) is 56.2 Å². The molecule has 2 rings (SSSR count). The summed E-state index contributed by atoms with van der Waals surface area (Å²) in [4.78, 5) is 39.3. The number of rotatable bonds is 13. The molecule has 4 atom stereocenters. The van der Waals surface area contributed by atoms with Crippen molar-refractivity contribution in [2.24, 2.45) is 22.2 Å². The van der Waals surface area contributed by atoms with E-state index in [1.807, 2.05) is 26.0 Å². The molecule has 0 aromatic heterocycles. The van der Waals surface area contributed by atoms with Crippen LogP contribution in [0.4, 0.5) is 0 Å². The molecule has 1 saturated carbocycles. The lowest BCUT2D eigenvalue weighted by Crippen LogP contribution is -2.40. The number of hydrogen-bond acceptors (Lipinski definition) is 6. The van der Waals surface area contributed by atoms with Gasteiger partial charge in [0.2, 0.25) is 5.91 Å². The van der Waals surface area contributed by atoms with Crippen LogP contribution in [0.1, 0.15) is 83.4 Å². The van der Waals surface area contributed by atoms with E-state index in [0.29, 0.717) is 77.8 Å². The number of phenols is 1. The van der Waals surface area contributed by atoms with E-state index >= 15 is 0 Å². The molecule has 0 aliphatic heterocycles. The van der Waals surface area contributed by atoms with Crippen molar-refractivity contribution in [1.82, 2.24) is 5.32 Å². The van der Waals surface area contributed by atoms with Crippen LogP contribution in [0.2, 0.25) is 5.02 Å². The van der Waals surface area contributed by atoms with Crippen molar-refractivity contribution < 1.29 is 29.3 Å². The number of aromatic hydroxyl groups is 1. The minimum absolute atomic E-state index is 0.0343. The van der Waals surface area contributed by atoms with Gasteiger partial charge in [0.05, 0.1) is 12.1 Å². The Kier molecular flexibility index (Phi) is 12.6. The fourth-order valence-corrected chi connectivity index (χ4v) is 5.54. The van der Waals surface area contributed by atoms with Crippen molar-refractivity contribution in [3.05, 3.63) is 45.5 Å². The fraction of sp³-hybridized carbons (Fsp3) is 0.562. The summed E-state index contributed by atoms with van der Waals surface area (Å²) < 4.78 is 5.56. The molecular formula is C32H45ClN2O6. The standard InChI is InChI=1S/C32H45ClN2O6/c1-19(15-16-32(6)20(2)12-14-27(37)22(32)4)11-13-24-29(38)25(21(3)28(33)30(24)41-7)18-34-17-9-8-10-26(31(39)40)35-23(5)36/h11,15-16,18,20,22,26,38H,8-10,12-14,17H2,1-7H3,(H,35,36)(H,39,40)/b16-15+,19-11+,34-18?/t20-,22+,26-,32+/m1/s1. The molecular weight excluding hydrogens is 544 g/mol. The number of nitrogens with zero attached hydrogens (tertiary/aromatic N) is 1. The fourth-order valence-electron chi connectivity index (χ4n) is 5.25. The molecule has 3 N–H and O–H groups in total. The van der Waals surface area contributed by atoms with Gasteiger partial charge in [0, 0.05) is 43.1 Å². The second-order valence-corrected chi connectivity index (χ2v) is 11.7. The SMILES string of the molecule is COc1c(Cl)c(C)c(C=NCCCC[C@@H](NC(C)=O)C(=O)O)c(O)c1C/C=C(C)/C=C/[C@@]1(C)[C@H](C)CCC(=O)[C@@H]1C. The number of ether oxygens (including phenoxy) is 1. The molecule has 0 radical (unpaired) electrons. The number of allylic oxidation sites excluding steroid dienone is 4. The zero-order valence-corrected chi connectivity index (χ0v) is 26.1. The first kappa shape index (κ1) is 34.1. The number of Topliss-reactive ketones (excluding diaryl/α,β-unsaturated/α-hetero) is 1. The van der Waals surface area contributed by atoms with Gasteiger partial charge in [0.1, 0.15) is 23.3 Å². The van der Waals surface area contributed by atoms with E-state index in [1.54, 1.807) is 13.1 Å². The Morgan fingerprint density at radius 2 is 1.95 bits per heavy atom. The van der Waals surface area contributed by atoms with E-state index in [2.05, 4.69) is 30.2 Å². The lowest BCUT2D eigenvalue weighted by Gasteiger charge is -2.42. The third kappa shape index (κ3) is 8.68. The first-order valence-corrected chi connectivity index (χ1v) is 14.6. The van der Waals surface area contributed by atoms with Gasteiger partial charge < -0.3 is 20.3 Å². The minimum atomic E-state index is -1.06. The van der Waals surface area contributed by atoms with E-state index in [1.165, 1.54) is 14.0 Å². The highest BCUT2D eigenvalue weighted by atomic mass is 35.5. The molecule has 0 unspecified atom stereocenters. The Morgan fingerprint density at radius 3 is 2.56 bits per heavy atom. The third-order valence-electron chi connectivity index (χ3n) is 8.51. The Hall–Kier alpha value is -3.13. The largest absolute Gasteiger partial charge is 0.507 e. The van der Waals surface area contributed by atoms with Crippen molar-refractivity contribution in [2.75, 3.05) is 13.7 Å². The van der Waals surface area contributed by atoms with Crippen molar-refractivity contribution in [2.45, 2.75) is 86.1 Å². The van der Waals surface area contributed by atoms with Crippen LogP contribution in [0.25, 0.3) is 0 Å². The van der Waals surface area contributed by atoms with Gasteiger partial charge in [-0.3, -0.25) is 14.6 Å². The molecule has 0 spiro atoms. The summed E-state index contributed by atoms with van der Waals surface area (Å²) in [6, 6.07) is -0.920. The van der Waals surface area contributed by atoms with Gasteiger partial charge in [-0.05, 0) is 62.8 Å². The molecule has 8 nitrogen and oxygen atoms in total. The monoisotopic (exact) mass is 588 g/mol. The first-order valence-electron chi connectivity index (χ1n) is 14.2. The second-order valence-electron chi connectivity index (χ2n) is 11.3. The number of nitrogens with one attached hydrogen (secondary N) is 1. The van der Waals surface area contributed by atoms with Crippen molar-refractivity contribution in [1.29, 1.82) is 0 Å². The van der Waals surface area contributed by atoms with Crippen LogP contribution >= 0.6 is 11.6 Å². The van der Waals surface area contributed by atoms with E-state index in [-0.39, 0.29) is 23.0 Å². The molecule has 0 bridgehead atoms. The van der Waals surface area contributed by atoms with Crippen LogP contribution in [0.5, 0.6) is 11.5 Å². The Morgan fingerprint density at radius 1 is 1.27 bits per heavy atom. The molecule has 0 heterocycles. The molecule has 1 amide bonds. The van der Waals surface area contributed by atoms with Crippen LogP contribution in [-0.4, -0.2) is 53.8 Å². The predicted octanol–water partition coefficient (Wildman–Crippen LogP) is 6.23. The summed E-state index contributed by atoms with van der Waals surface area (Å²) in [6.07, 6.45) is 11.2. The van der Waals surface area contributed by atoms with Gasteiger partial charge in [0.15, 0.2) is 0 Å². The lowest BCUT2D eigenvalue weighted by molar-refractivity contribution is -0.141. The van der Waals surface area contributed by atoms with E-state index in [9.17, 15) is 24.6 Å². The topological polar surface area (TPSA) is 125 Å². The molecule has 1 aliphatic rings. The summed E-state index contributed by atoms with van der Waals surface area (Å²) in [5.74, 6) is -0.309. The van der Waals surface area contributed by atoms with Crippen molar-refractivity contribution in [3.63, 3.8) is 0 Å². The zero-order valence-electron chi connectivity index (χ0n) is 25.3. The van der Waals surface area contributed by atoms with Crippen LogP contribution < -0.4 is 10.1 Å². The Balaban J connectivity index is 2.18. The number of hydrogen-bond donors (Lipinski definition) is 3. The van der Waals surface area contributed by atoms with Gasteiger partial charge in [-0.15, -0.1) is 0 Å². The van der Waals surface area contributed by atoms with Gasteiger partial charge in [-0.2, -0.15) is 0 Å². The highest BCUT2D eigenvalue weighted by Crippen LogP contribution is 2.45. The number of methoxy groups -OCH3 is 1. The van der Waals surface area contributed by atoms with E-state index < -0.39 is 12.0 Å². The van der Waals surface area contributed by atoms with Crippen LogP contribution in [0.3, 0.4) is 0 Å². The number of unbranched alkanes of at least 4 members (excludes halogenated alkanes) is 1. The molecule has 41 heavy (non-hydrogen) atoms. The minimum Gasteiger partial charge on any atom is -0.507 e. The van der Waals surface area contributed by atoms with Crippen molar-refractivity contribution >= 4 is 35.5 Å². The van der Waals surface area contributed by atoms with Crippen LogP contribution in [-0.2, 0) is 20.8 Å². The number of aliphatic carboxylic acids is 1. The first-order chi connectivity index (χ1) is 19.2. The number of halogens is 1. The molecule has 9 heteroatoms. The number of carboxylic acids is 1. The number of aliphatic imine (C=N–C) groups is 1. The van der Waals surface area contributed by atoms with Gasteiger partial charge in [-0.25, -0.2) is 4.79 Å². The van der Waals surface area contributed by atoms with Crippen LogP contribution in [0, 0.1) is 24.2 Å². The normalized spacial score (nSPS) is 22.3. The van der Waals surface area contributed by atoms with Gasteiger partial charge in [0.25, 0.3) is 0 Å². The van der Waals surface area contributed by atoms with Crippen LogP contribution in [0.15, 0.2) is 28.8 Å². The predicted molar refractivity (Wildman–Crippen MR) is 163 cm³/mol.